The summed E-state index contributed by atoms with van der Waals surface area (Å²) in [5.74, 6) is -2.37. The average molecular weight is 796 g/mol. The van der Waals surface area contributed by atoms with Gasteiger partial charge in [-0.2, -0.15) is 0 Å². The van der Waals surface area contributed by atoms with Gasteiger partial charge in [0.1, 0.15) is 11.9 Å². The summed E-state index contributed by atoms with van der Waals surface area (Å²) in [6.45, 7) is 6.22. The number of Topliss-reactive ketones (excluding diaryl/α,β-unsaturated/α-hetero) is 1. The normalized spacial score (nSPS) is 26.3. The highest BCUT2D eigenvalue weighted by Crippen LogP contribution is 2.57. The molecule has 2 aromatic carbocycles. The van der Waals surface area contributed by atoms with Crippen LogP contribution < -0.4 is 9.46 Å². The number of amides is 2. The number of rotatable bonds is 11. The summed E-state index contributed by atoms with van der Waals surface area (Å²) in [6.07, 6.45) is 11.6. The van der Waals surface area contributed by atoms with Crippen molar-refractivity contribution >= 4 is 50.6 Å². The quantitative estimate of drug-likeness (QED) is 0.156. The fourth-order valence-corrected chi connectivity index (χ4v) is 9.68. The van der Waals surface area contributed by atoms with Gasteiger partial charge in [0.2, 0.25) is 21.8 Å². The number of carbonyl (C=O) groups is 4. The molecule has 12 heteroatoms. The fourth-order valence-electron chi connectivity index (χ4n) is 8.29. The van der Waals surface area contributed by atoms with Gasteiger partial charge in [-0.3, -0.25) is 23.9 Å². The number of sulfonamides is 1. The molecular weight excluding hydrogens is 743 g/mol. The van der Waals surface area contributed by atoms with Crippen LogP contribution in [0.2, 0.25) is 0 Å². The number of hydrogen-bond acceptors (Lipinski definition) is 9. The number of benzene rings is 2. The summed E-state index contributed by atoms with van der Waals surface area (Å²) in [6, 6.07) is 16.8. The Kier molecular flexibility index (Phi) is 12.3. The lowest BCUT2D eigenvalue weighted by Crippen LogP contribution is -2.46. The number of cyclic esters (lactones) is 1. The molecule has 2 aliphatic carbocycles. The molecule has 7 rings (SSSR count). The zero-order valence-corrected chi connectivity index (χ0v) is 33.5. The van der Waals surface area contributed by atoms with Gasteiger partial charge in [0, 0.05) is 35.8 Å². The number of ketones is 1. The predicted octanol–water partition coefficient (Wildman–Crippen LogP) is 7.34. The van der Waals surface area contributed by atoms with E-state index in [9.17, 15) is 27.6 Å². The van der Waals surface area contributed by atoms with E-state index in [1.165, 1.54) is 4.90 Å². The Morgan fingerprint density at radius 1 is 1.07 bits per heavy atom. The van der Waals surface area contributed by atoms with E-state index < -0.39 is 50.6 Å². The molecule has 2 saturated carbocycles. The number of hydrogen-bond donors (Lipinski definition) is 1. The Bertz CT molecular complexity index is 2150. The summed E-state index contributed by atoms with van der Waals surface area (Å²) in [4.78, 5) is 62.5. The van der Waals surface area contributed by atoms with Crippen LogP contribution in [-0.2, 0) is 33.9 Å². The topological polar surface area (TPSA) is 149 Å². The minimum Gasteiger partial charge on any atom is -0.488 e. The number of nitrogens with one attached hydrogen (secondary N) is 1. The van der Waals surface area contributed by atoms with E-state index in [4.69, 9.17) is 14.5 Å². The summed E-state index contributed by atoms with van der Waals surface area (Å²) < 4.78 is 40.3. The molecule has 5 atom stereocenters. The second-order valence-electron chi connectivity index (χ2n) is 16.2. The summed E-state index contributed by atoms with van der Waals surface area (Å²) >= 11 is 0. The standard InChI is InChI=1S/C45H53N3O8S/c1-3-5-15-32-24-42(50)55-22-13-8-6-7-10-14-30-18-21-37-36(23-30)41(26-38(46-37)31-16-11-9-12-17-31)56-34-25-39(48(29-34)43(32)51)40(49)28-45(27-33(45)4-2)44(52)47-57(53,54)35-19-20-35/h4,9-12,14,16-18,21,23,26,32-35,39H,2-3,5-8,13,15,19-20,22,24-25,27-29H2,1H3,(H,47,52)/b14-10+/t32-,33-,34-,39+,45-/m1/s1. The molecule has 302 valence electrons. The smallest absolute Gasteiger partial charge is 0.306 e. The molecule has 3 heterocycles. The van der Waals surface area contributed by atoms with Gasteiger partial charge in [-0.15, -0.1) is 6.58 Å². The lowest BCUT2D eigenvalue weighted by Gasteiger charge is -2.29. The second-order valence-corrected chi connectivity index (χ2v) is 18.1. The predicted molar refractivity (Wildman–Crippen MR) is 218 cm³/mol. The molecule has 0 unspecified atom stereocenters. The van der Waals surface area contributed by atoms with Crippen LogP contribution >= 0.6 is 0 Å². The second kappa shape index (κ2) is 17.3. The maximum Gasteiger partial charge on any atom is 0.306 e. The maximum absolute atomic E-state index is 14.6. The number of pyridine rings is 1. The van der Waals surface area contributed by atoms with Crippen molar-refractivity contribution in [3.05, 3.63) is 78.9 Å². The minimum atomic E-state index is -3.85. The van der Waals surface area contributed by atoms with Crippen LogP contribution in [0, 0.1) is 17.3 Å². The third-order valence-electron chi connectivity index (χ3n) is 11.9. The van der Waals surface area contributed by atoms with Gasteiger partial charge in [-0.05, 0) is 75.0 Å². The lowest BCUT2D eigenvalue weighted by molar-refractivity contribution is -0.150. The molecule has 4 bridgehead atoms. The Morgan fingerprint density at radius 3 is 2.61 bits per heavy atom. The van der Waals surface area contributed by atoms with Gasteiger partial charge in [0.15, 0.2) is 5.78 Å². The molecule has 3 aromatic rings. The molecule has 0 radical (unpaired) electrons. The van der Waals surface area contributed by atoms with E-state index in [-0.39, 0.29) is 56.4 Å². The van der Waals surface area contributed by atoms with E-state index in [1.54, 1.807) is 6.08 Å². The minimum absolute atomic E-state index is 0.0805. The largest absolute Gasteiger partial charge is 0.488 e. The van der Waals surface area contributed by atoms with Crippen LogP contribution in [0.5, 0.6) is 5.75 Å². The van der Waals surface area contributed by atoms with Crippen molar-refractivity contribution < 1.29 is 37.1 Å². The van der Waals surface area contributed by atoms with Gasteiger partial charge in [0.25, 0.3) is 0 Å². The number of unbranched alkanes of at least 4 members (excludes halogenated alkanes) is 1. The fraction of sp³-hybridized carbons (Fsp3) is 0.489. The number of esters is 1. The first-order valence-electron chi connectivity index (χ1n) is 20.5. The molecule has 1 aromatic heterocycles. The molecule has 0 spiro atoms. The SMILES string of the molecule is C=C[C@@H]1C[C@]1(CC(=O)[C@@H]1C[C@@H]2CN1C(=O)[C@H](CCCC)CC(=O)OCCCCC/C=C/c1ccc3nc(-c4ccccc4)cc(c3c1)O2)C(=O)NS(=O)(=O)C1CC1. The summed E-state index contributed by atoms with van der Waals surface area (Å²) in [5, 5.41) is 0.190. The van der Waals surface area contributed by atoms with Crippen LogP contribution in [-0.4, -0.2) is 72.4 Å². The molecule has 1 N–H and O–H groups in total. The Balaban J connectivity index is 1.24. The number of ether oxygens (including phenoxy) is 2. The highest BCUT2D eigenvalue weighted by molar-refractivity contribution is 7.90. The van der Waals surface area contributed by atoms with Crippen molar-refractivity contribution in [3.8, 4) is 17.0 Å². The lowest BCUT2D eigenvalue weighted by atomic mass is 9.90. The Labute approximate surface area is 335 Å². The first-order valence-corrected chi connectivity index (χ1v) is 22.1. The third-order valence-corrected chi connectivity index (χ3v) is 13.7. The van der Waals surface area contributed by atoms with Crippen molar-refractivity contribution in [3.63, 3.8) is 0 Å². The van der Waals surface area contributed by atoms with Crippen molar-refractivity contribution in [2.45, 2.75) is 108 Å². The van der Waals surface area contributed by atoms with Crippen LogP contribution in [0.3, 0.4) is 0 Å². The first kappa shape index (κ1) is 40.4. The van der Waals surface area contributed by atoms with E-state index in [2.05, 4.69) is 23.5 Å². The zero-order valence-electron chi connectivity index (χ0n) is 32.7. The van der Waals surface area contributed by atoms with Crippen LogP contribution in [0.25, 0.3) is 28.2 Å². The van der Waals surface area contributed by atoms with Gasteiger partial charge in [-0.1, -0.05) is 74.4 Å². The summed E-state index contributed by atoms with van der Waals surface area (Å²) in [5.41, 5.74) is 2.06. The molecule has 11 nitrogen and oxygen atoms in total. The highest BCUT2D eigenvalue weighted by Gasteiger charge is 2.61. The van der Waals surface area contributed by atoms with E-state index >= 15 is 0 Å². The average Bonchev–Trinajstić information content (AvgIpc) is 4.14. The van der Waals surface area contributed by atoms with E-state index in [0.29, 0.717) is 43.5 Å². The monoisotopic (exact) mass is 795 g/mol. The van der Waals surface area contributed by atoms with Crippen LogP contribution in [0.1, 0.15) is 96.0 Å². The van der Waals surface area contributed by atoms with Gasteiger partial charge < -0.3 is 14.4 Å². The van der Waals surface area contributed by atoms with Crippen LogP contribution in [0.4, 0.5) is 0 Å². The Hall–Kier alpha value is -4.84. The zero-order chi connectivity index (χ0) is 40.2. The first-order chi connectivity index (χ1) is 27.5. The molecule has 1 saturated heterocycles. The summed E-state index contributed by atoms with van der Waals surface area (Å²) in [7, 11) is -3.85. The third kappa shape index (κ3) is 9.32. The molecule has 3 fully saturated rings. The van der Waals surface area contributed by atoms with Crippen molar-refractivity contribution in [1.29, 1.82) is 0 Å². The van der Waals surface area contributed by atoms with Gasteiger partial charge in [-0.25, -0.2) is 13.4 Å². The molecular formula is C45H53N3O8S. The van der Waals surface area contributed by atoms with E-state index in [1.807, 2.05) is 61.5 Å². The number of aromatic nitrogens is 1. The molecule has 2 aliphatic heterocycles. The number of nitrogens with zero attached hydrogens (tertiary/aromatic N) is 2. The van der Waals surface area contributed by atoms with Crippen molar-refractivity contribution in [2.24, 2.45) is 17.3 Å². The molecule has 2 amide bonds. The highest BCUT2D eigenvalue weighted by atomic mass is 32.2. The molecule has 57 heavy (non-hydrogen) atoms. The number of allylic oxidation sites excluding steroid dienone is 2. The van der Waals surface area contributed by atoms with Crippen molar-refractivity contribution in [2.75, 3.05) is 13.2 Å². The van der Waals surface area contributed by atoms with Crippen LogP contribution in [0.15, 0.2) is 73.3 Å². The Morgan fingerprint density at radius 2 is 1.88 bits per heavy atom. The molecule has 4 aliphatic rings. The van der Waals surface area contributed by atoms with Crippen molar-refractivity contribution in [1.82, 2.24) is 14.6 Å². The van der Waals surface area contributed by atoms with E-state index in [0.717, 1.165) is 47.7 Å². The van der Waals surface area contributed by atoms with Gasteiger partial charge >= 0.3 is 5.97 Å². The number of carbonyl (C=O) groups excluding carboxylic acids is 4. The number of fused-ring (bicyclic) bond motifs is 3. The maximum atomic E-state index is 14.6. The van der Waals surface area contributed by atoms with Gasteiger partial charge in [0.05, 0.1) is 47.5 Å².